The fraction of sp³-hybridized carbons (Fsp3) is 0.304. The van der Waals surface area contributed by atoms with Gasteiger partial charge in [0.25, 0.3) is 0 Å². The molecule has 0 unspecified atom stereocenters. The molecular weight excluding hydrogens is 366 g/mol. The first kappa shape index (κ1) is 20.8. The van der Waals surface area contributed by atoms with Crippen molar-refractivity contribution in [1.82, 2.24) is 9.96 Å². The molecular formula is C23H27N3O3. The molecule has 0 spiro atoms. The molecule has 0 amide bonds. The Labute approximate surface area is 171 Å². The molecule has 1 aliphatic carbocycles. The molecule has 0 aromatic heterocycles. The predicted molar refractivity (Wildman–Crippen MR) is 115 cm³/mol. The second-order valence-corrected chi connectivity index (χ2v) is 6.89. The number of ketones is 1. The largest absolute Gasteiger partial charge is 0.492 e. The van der Waals surface area contributed by atoms with Crippen LogP contribution in [0.1, 0.15) is 26.3 Å². The van der Waals surface area contributed by atoms with E-state index >= 15 is 0 Å². The molecule has 29 heavy (non-hydrogen) atoms. The summed E-state index contributed by atoms with van der Waals surface area (Å²) in [5, 5.41) is 11.3. The van der Waals surface area contributed by atoms with Gasteiger partial charge in [0, 0.05) is 17.7 Å². The highest BCUT2D eigenvalue weighted by molar-refractivity contribution is 6.05. The highest BCUT2D eigenvalue weighted by Crippen LogP contribution is 2.28. The number of carbonyl (C=O) groups is 1. The molecule has 6 heteroatoms. The fourth-order valence-corrected chi connectivity index (χ4v) is 3.17. The maximum absolute atomic E-state index is 11.7. The Balaban J connectivity index is 1.81. The lowest BCUT2D eigenvalue weighted by Crippen LogP contribution is -2.27. The van der Waals surface area contributed by atoms with Gasteiger partial charge in [0.05, 0.1) is 11.4 Å². The molecule has 1 aliphatic heterocycles. The van der Waals surface area contributed by atoms with Gasteiger partial charge >= 0.3 is 0 Å². The van der Waals surface area contributed by atoms with Crippen LogP contribution < -0.4 is 4.74 Å². The summed E-state index contributed by atoms with van der Waals surface area (Å²) >= 11 is 0. The van der Waals surface area contributed by atoms with Crippen LogP contribution in [0.4, 0.5) is 0 Å². The maximum Gasteiger partial charge on any atom is 0.181 e. The monoisotopic (exact) mass is 393 g/mol. The van der Waals surface area contributed by atoms with E-state index in [1.54, 1.807) is 19.1 Å². The number of benzene rings is 1. The first-order valence-electron chi connectivity index (χ1n) is 9.86. The van der Waals surface area contributed by atoms with Crippen molar-refractivity contribution in [3.8, 4) is 5.75 Å². The quantitative estimate of drug-likeness (QED) is 0.763. The molecule has 152 valence electrons. The standard InChI is InChI=1S/C23H27N3O3/c1-4-25(5-2)11-12-29-20-8-6-7-19(14-20)22-15-21(24-16-26(22)28)18-9-10-23(27)17(3)13-18/h6-10,13-16,28H,4-5,11-12H2,1-3H3. The van der Waals surface area contributed by atoms with Gasteiger partial charge in [-0.2, -0.15) is 0 Å². The van der Waals surface area contributed by atoms with Crippen molar-refractivity contribution in [2.24, 2.45) is 4.99 Å². The van der Waals surface area contributed by atoms with E-state index in [4.69, 9.17) is 4.74 Å². The van der Waals surface area contributed by atoms with Crippen LogP contribution in [-0.4, -0.2) is 53.5 Å². The molecule has 1 N–H and O–H groups in total. The summed E-state index contributed by atoms with van der Waals surface area (Å²) in [5.41, 5.74) is 3.58. The summed E-state index contributed by atoms with van der Waals surface area (Å²) in [6.07, 6.45) is 8.25. The number of likely N-dealkylation sites (N-methyl/N-ethyl adjacent to an activating group) is 1. The van der Waals surface area contributed by atoms with Crippen molar-refractivity contribution in [1.29, 1.82) is 0 Å². The van der Waals surface area contributed by atoms with Gasteiger partial charge in [-0.15, -0.1) is 0 Å². The van der Waals surface area contributed by atoms with E-state index in [-0.39, 0.29) is 5.78 Å². The molecule has 1 aromatic rings. The van der Waals surface area contributed by atoms with Gasteiger partial charge in [-0.3, -0.25) is 10.0 Å². The van der Waals surface area contributed by atoms with Gasteiger partial charge < -0.3 is 9.64 Å². The molecule has 1 heterocycles. The SMILES string of the molecule is CCN(CC)CCOc1cccc(C2=CC(=C3C=CC(=O)C(C)=C3)N=CN2O)c1. The van der Waals surface area contributed by atoms with Crippen molar-refractivity contribution in [2.75, 3.05) is 26.2 Å². The van der Waals surface area contributed by atoms with Gasteiger partial charge in [0.2, 0.25) is 0 Å². The molecule has 2 aliphatic rings. The van der Waals surface area contributed by atoms with Crippen LogP contribution >= 0.6 is 0 Å². The van der Waals surface area contributed by atoms with Crippen LogP contribution in [0.2, 0.25) is 0 Å². The Morgan fingerprint density at radius 2 is 1.97 bits per heavy atom. The lowest BCUT2D eigenvalue weighted by atomic mass is 9.99. The molecule has 0 fully saturated rings. The first-order chi connectivity index (χ1) is 14.0. The lowest BCUT2D eigenvalue weighted by molar-refractivity contribution is -0.111. The summed E-state index contributed by atoms with van der Waals surface area (Å²) in [4.78, 5) is 18.3. The van der Waals surface area contributed by atoms with Crippen molar-refractivity contribution < 1.29 is 14.7 Å². The molecule has 0 radical (unpaired) electrons. The Kier molecular flexibility index (Phi) is 6.80. The third-order valence-corrected chi connectivity index (χ3v) is 5.00. The summed E-state index contributed by atoms with van der Waals surface area (Å²) in [7, 11) is 0. The first-order valence-corrected chi connectivity index (χ1v) is 9.86. The van der Waals surface area contributed by atoms with E-state index in [9.17, 15) is 10.0 Å². The molecule has 0 saturated heterocycles. The highest BCUT2D eigenvalue weighted by Gasteiger charge is 2.17. The number of hydroxylamine groups is 2. The minimum atomic E-state index is -0.00307. The van der Waals surface area contributed by atoms with Crippen LogP contribution in [0.5, 0.6) is 5.75 Å². The number of nitrogens with zero attached hydrogens (tertiary/aromatic N) is 3. The molecule has 3 rings (SSSR count). The zero-order valence-electron chi connectivity index (χ0n) is 17.1. The van der Waals surface area contributed by atoms with Crippen LogP contribution in [-0.2, 0) is 4.79 Å². The summed E-state index contributed by atoms with van der Waals surface area (Å²) in [6, 6.07) is 7.62. The van der Waals surface area contributed by atoms with Crippen LogP contribution in [0.3, 0.4) is 0 Å². The summed E-state index contributed by atoms with van der Waals surface area (Å²) in [6.45, 7) is 9.52. The summed E-state index contributed by atoms with van der Waals surface area (Å²) in [5.74, 6) is 0.747. The second kappa shape index (κ2) is 9.49. The van der Waals surface area contributed by atoms with Crippen molar-refractivity contribution >= 4 is 17.8 Å². The fourth-order valence-electron chi connectivity index (χ4n) is 3.17. The van der Waals surface area contributed by atoms with Gasteiger partial charge in [-0.05, 0) is 62.0 Å². The van der Waals surface area contributed by atoms with Crippen LogP contribution in [0, 0.1) is 0 Å². The number of hydrogen-bond donors (Lipinski definition) is 1. The Morgan fingerprint density at radius 1 is 1.17 bits per heavy atom. The van der Waals surface area contributed by atoms with Gasteiger partial charge in [-0.25, -0.2) is 10.1 Å². The van der Waals surface area contributed by atoms with Crippen molar-refractivity contribution in [3.05, 3.63) is 71.0 Å². The van der Waals surface area contributed by atoms with Gasteiger partial charge in [-0.1, -0.05) is 26.0 Å². The third-order valence-electron chi connectivity index (χ3n) is 5.00. The third kappa shape index (κ3) is 5.10. The van der Waals surface area contributed by atoms with E-state index in [1.165, 1.54) is 12.4 Å². The van der Waals surface area contributed by atoms with Crippen LogP contribution in [0.25, 0.3) is 5.70 Å². The minimum absolute atomic E-state index is 0.00307. The molecule has 1 aromatic carbocycles. The smallest absolute Gasteiger partial charge is 0.181 e. The molecule has 0 atom stereocenters. The maximum atomic E-state index is 11.7. The number of carbonyl (C=O) groups excluding carboxylic acids is 1. The predicted octanol–water partition coefficient (Wildman–Crippen LogP) is 3.82. The Bertz CT molecular complexity index is 921. The number of allylic oxidation sites excluding steroid dienone is 6. The van der Waals surface area contributed by atoms with Crippen LogP contribution in [0.15, 0.2) is 70.4 Å². The molecule has 0 bridgehead atoms. The Morgan fingerprint density at radius 3 is 2.69 bits per heavy atom. The van der Waals surface area contributed by atoms with E-state index < -0.39 is 0 Å². The van der Waals surface area contributed by atoms with Gasteiger partial charge in [0.15, 0.2) is 5.78 Å². The molecule has 0 saturated carbocycles. The Hall–Kier alpha value is -2.96. The average molecular weight is 393 g/mol. The van der Waals surface area contributed by atoms with Crippen molar-refractivity contribution in [3.63, 3.8) is 0 Å². The number of ether oxygens (including phenoxy) is 1. The number of hydrogen-bond acceptors (Lipinski definition) is 6. The van der Waals surface area contributed by atoms with E-state index in [0.29, 0.717) is 23.6 Å². The topological polar surface area (TPSA) is 65.4 Å². The van der Waals surface area contributed by atoms with E-state index in [2.05, 4.69) is 23.7 Å². The second-order valence-electron chi connectivity index (χ2n) is 6.89. The highest BCUT2D eigenvalue weighted by atomic mass is 16.5. The number of rotatable bonds is 7. The van der Waals surface area contributed by atoms with Gasteiger partial charge in [0.1, 0.15) is 18.7 Å². The number of aliphatic imine (C=N–C) groups is 1. The van der Waals surface area contributed by atoms with Crippen molar-refractivity contribution in [2.45, 2.75) is 20.8 Å². The average Bonchev–Trinajstić information content (AvgIpc) is 2.74. The minimum Gasteiger partial charge on any atom is -0.492 e. The van der Waals surface area contributed by atoms with E-state index in [1.807, 2.05) is 30.3 Å². The summed E-state index contributed by atoms with van der Waals surface area (Å²) < 4.78 is 5.90. The lowest BCUT2D eigenvalue weighted by Gasteiger charge is -2.21. The zero-order chi connectivity index (χ0) is 20.8. The molecule has 6 nitrogen and oxygen atoms in total. The zero-order valence-corrected chi connectivity index (χ0v) is 17.1. The van der Waals surface area contributed by atoms with E-state index in [0.717, 1.165) is 41.6 Å². The normalized spacial score (nSPS) is 18.9.